The summed E-state index contributed by atoms with van der Waals surface area (Å²) in [6.07, 6.45) is 0. The number of nitrogens with zero attached hydrogens (tertiary/aromatic N) is 2. The predicted molar refractivity (Wildman–Crippen MR) is 90.2 cm³/mol. The Kier molecular flexibility index (Phi) is 3.52. The highest BCUT2D eigenvalue weighted by atomic mass is 32.2. The Labute approximate surface area is 145 Å². The van der Waals surface area contributed by atoms with Gasteiger partial charge in [0.15, 0.2) is 5.75 Å². The van der Waals surface area contributed by atoms with Crippen molar-refractivity contribution in [2.24, 2.45) is 0 Å². The Hall–Kier alpha value is -2.94. The lowest BCUT2D eigenvalue weighted by atomic mass is 10.1. The van der Waals surface area contributed by atoms with E-state index in [9.17, 15) is 21.6 Å². The molecule has 1 aromatic heterocycles. The molecule has 26 heavy (non-hydrogen) atoms. The molecule has 4 aromatic rings. The zero-order valence-corrected chi connectivity index (χ0v) is 13.7. The number of aromatic nitrogens is 2. The Morgan fingerprint density at radius 1 is 0.808 bits per heavy atom. The smallest absolute Gasteiger partial charge is 0.375 e. The molecular weight excluding hydrogens is 369 g/mol. The van der Waals surface area contributed by atoms with Crippen molar-refractivity contribution in [3.05, 3.63) is 54.6 Å². The summed E-state index contributed by atoms with van der Waals surface area (Å²) < 4.78 is 65.3. The first-order valence-corrected chi connectivity index (χ1v) is 8.76. The van der Waals surface area contributed by atoms with Crippen molar-refractivity contribution in [1.29, 1.82) is 0 Å². The van der Waals surface area contributed by atoms with Gasteiger partial charge in [0.05, 0.1) is 22.1 Å². The summed E-state index contributed by atoms with van der Waals surface area (Å²) in [4.78, 5) is 8.86. The van der Waals surface area contributed by atoms with Gasteiger partial charge in [-0.15, -0.1) is 0 Å². The van der Waals surface area contributed by atoms with Gasteiger partial charge in [-0.1, -0.05) is 36.4 Å². The second-order valence-electron chi connectivity index (χ2n) is 5.48. The van der Waals surface area contributed by atoms with Crippen LogP contribution < -0.4 is 4.18 Å². The summed E-state index contributed by atoms with van der Waals surface area (Å²) in [5.41, 5.74) is -3.72. The van der Waals surface area contributed by atoms with Crippen LogP contribution in [-0.2, 0) is 10.1 Å². The van der Waals surface area contributed by atoms with Gasteiger partial charge in [-0.3, -0.25) is 0 Å². The number of para-hydroxylation sites is 2. The van der Waals surface area contributed by atoms with Gasteiger partial charge in [0.1, 0.15) is 0 Å². The topological polar surface area (TPSA) is 69.2 Å². The normalized spacial score (nSPS) is 12.7. The van der Waals surface area contributed by atoms with Crippen LogP contribution in [-0.4, -0.2) is 23.9 Å². The minimum atomic E-state index is -5.80. The van der Waals surface area contributed by atoms with Gasteiger partial charge >= 0.3 is 15.6 Å². The fourth-order valence-electron chi connectivity index (χ4n) is 2.65. The SMILES string of the molecule is O=S(=O)(Oc1cc2nc3ccccc3nc2c2ccccc12)C(F)(F)F. The van der Waals surface area contributed by atoms with Gasteiger partial charge in [0, 0.05) is 16.8 Å². The third kappa shape index (κ3) is 2.60. The molecule has 0 atom stereocenters. The summed E-state index contributed by atoms with van der Waals surface area (Å²) >= 11 is 0. The highest BCUT2D eigenvalue weighted by molar-refractivity contribution is 7.88. The summed E-state index contributed by atoms with van der Waals surface area (Å²) in [7, 11) is -5.80. The summed E-state index contributed by atoms with van der Waals surface area (Å²) in [6, 6.07) is 14.5. The number of rotatable bonds is 2. The second kappa shape index (κ2) is 5.53. The molecule has 1 heterocycles. The maximum absolute atomic E-state index is 12.7. The van der Waals surface area contributed by atoms with E-state index in [4.69, 9.17) is 0 Å². The molecule has 9 heteroatoms. The molecule has 0 fully saturated rings. The van der Waals surface area contributed by atoms with E-state index in [-0.39, 0.29) is 10.9 Å². The van der Waals surface area contributed by atoms with Crippen LogP contribution in [0.15, 0.2) is 54.6 Å². The zero-order valence-electron chi connectivity index (χ0n) is 12.9. The number of halogens is 3. The van der Waals surface area contributed by atoms with Gasteiger partial charge in [0.25, 0.3) is 0 Å². The largest absolute Gasteiger partial charge is 0.534 e. The Bertz CT molecular complexity index is 1270. The van der Waals surface area contributed by atoms with E-state index in [0.717, 1.165) is 6.07 Å². The predicted octanol–water partition coefficient (Wildman–Crippen LogP) is 4.16. The van der Waals surface area contributed by atoms with Crippen molar-refractivity contribution < 1.29 is 25.8 Å². The number of benzene rings is 3. The average Bonchev–Trinajstić information content (AvgIpc) is 2.59. The average molecular weight is 378 g/mol. The van der Waals surface area contributed by atoms with Crippen LogP contribution in [0.5, 0.6) is 5.75 Å². The van der Waals surface area contributed by atoms with Crippen LogP contribution in [0.25, 0.3) is 32.8 Å². The third-order valence-electron chi connectivity index (χ3n) is 3.80. The number of alkyl halides is 3. The van der Waals surface area contributed by atoms with Gasteiger partial charge in [-0.2, -0.15) is 21.6 Å². The monoisotopic (exact) mass is 378 g/mol. The van der Waals surface area contributed by atoms with Crippen LogP contribution in [0.2, 0.25) is 0 Å². The number of hydrogen-bond acceptors (Lipinski definition) is 5. The maximum atomic E-state index is 12.7. The lowest BCUT2D eigenvalue weighted by Crippen LogP contribution is -2.28. The summed E-state index contributed by atoms with van der Waals surface area (Å²) in [5.74, 6) is -0.449. The molecule has 3 aromatic carbocycles. The highest BCUT2D eigenvalue weighted by Gasteiger charge is 2.48. The molecule has 0 radical (unpaired) electrons. The molecule has 0 N–H and O–H groups in total. The van der Waals surface area contributed by atoms with Crippen LogP contribution in [0.3, 0.4) is 0 Å². The number of hydrogen-bond donors (Lipinski definition) is 0. The standard InChI is InChI=1S/C17H9F3N2O3S/c18-17(19,20)26(23,24)25-15-9-14-16(11-6-2-1-5-10(11)15)22-13-8-4-3-7-12(13)21-14/h1-9H. The van der Waals surface area contributed by atoms with Crippen molar-refractivity contribution in [2.45, 2.75) is 5.51 Å². The lowest BCUT2D eigenvalue weighted by molar-refractivity contribution is -0.0499. The summed E-state index contributed by atoms with van der Waals surface area (Å²) in [5, 5.41) is 0.632. The molecule has 0 spiro atoms. The molecule has 0 saturated heterocycles. The molecule has 0 aliphatic rings. The molecular formula is C17H9F3N2O3S. The fourth-order valence-corrected chi connectivity index (χ4v) is 3.12. The van der Waals surface area contributed by atoms with Crippen molar-refractivity contribution in [1.82, 2.24) is 9.97 Å². The van der Waals surface area contributed by atoms with E-state index in [1.807, 2.05) is 0 Å². The molecule has 132 valence electrons. The van der Waals surface area contributed by atoms with E-state index in [1.165, 1.54) is 6.07 Å². The molecule has 4 rings (SSSR count). The van der Waals surface area contributed by atoms with E-state index in [1.54, 1.807) is 42.5 Å². The molecule has 0 unspecified atom stereocenters. The van der Waals surface area contributed by atoms with Gasteiger partial charge < -0.3 is 4.18 Å². The van der Waals surface area contributed by atoms with E-state index < -0.39 is 21.4 Å². The Morgan fingerprint density at radius 3 is 2.04 bits per heavy atom. The van der Waals surface area contributed by atoms with Crippen molar-refractivity contribution in [2.75, 3.05) is 0 Å². The first kappa shape index (κ1) is 16.5. The van der Waals surface area contributed by atoms with Crippen molar-refractivity contribution in [3.8, 4) is 5.75 Å². The molecule has 0 aliphatic heterocycles. The Balaban J connectivity index is 2.05. The molecule has 0 amide bonds. The van der Waals surface area contributed by atoms with Crippen molar-refractivity contribution >= 4 is 43.0 Å². The summed E-state index contributed by atoms with van der Waals surface area (Å²) in [6.45, 7) is 0. The molecule has 0 aliphatic carbocycles. The van der Waals surface area contributed by atoms with E-state index in [0.29, 0.717) is 21.9 Å². The van der Waals surface area contributed by atoms with Gasteiger partial charge in [-0.25, -0.2) is 9.97 Å². The minimum absolute atomic E-state index is 0.192. The highest BCUT2D eigenvalue weighted by Crippen LogP contribution is 2.35. The first-order valence-electron chi connectivity index (χ1n) is 7.35. The van der Waals surface area contributed by atoms with E-state index in [2.05, 4.69) is 14.2 Å². The van der Waals surface area contributed by atoms with Gasteiger partial charge in [-0.05, 0) is 12.1 Å². The third-order valence-corrected chi connectivity index (χ3v) is 4.76. The zero-order chi connectivity index (χ0) is 18.5. The van der Waals surface area contributed by atoms with Crippen LogP contribution >= 0.6 is 0 Å². The van der Waals surface area contributed by atoms with Crippen LogP contribution in [0.1, 0.15) is 0 Å². The molecule has 0 saturated carbocycles. The van der Waals surface area contributed by atoms with Crippen LogP contribution in [0, 0.1) is 0 Å². The van der Waals surface area contributed by atoms with Crippen LogP contribution in [0.4, 0.5) is 13.2 Å². The quantitative estimate of drug-likeness (QED) is 0.227. The molecule has 0 bridgehead atoms. The van der Waals surface area contributed by atoms with Gasteiger partial charge in [0.2, 0.25) is 0 Å². The second-order valence-corrected chi connectivity index (χ2v) is 7.02. The first-order chi connectivity index (χ1) is 12.3. The lowest BCUT2D eigenvalue weighted by Gasteiger charge is -2.13. The maximum Gasteiger partial charge on any atom is 0.534 e. The van der Waals surface area contributed by atoms with E-state index >= 15 is 0 Å². The Morgan fingerprint density at radius 2 is 1.38 bits per heavy atom. The van der Waals surface area contributed by atoms with Crippen molar-refractivity contribution in [3.63, 3.8) is 0 Å². The minimum Gasteiger partial charge on any atom is -0.375 e. The fraction of sp³-hybridized carbons (Fsp3) is 0.0588. The number of fused-ring (bicyclic) bond motifs is 4. The molecule has 5 nitrogen and oxygen atoms in total.